The van der Waals surface area contributed by atoms with Gasteiger partial charge in [0.1, 0.15) is 17.8 Å². The summed E-state index contributed by atoms with van der Waals surface area (Å²) in [6.45, 7) is 24.0. The quantitative estimate of drug-likeness (QED) is 0.301. The minimum atomic E-state index is -0.781. The van der Waals surface area contributed by atoms with Gasteiger partial charge in [0.25, 0.3) is 0 Å². The molecule has 0 aromatic carbocycles. The Morgan fingerprint density at radius 3 is 2.32 bits per heavy atom. The van der Waals surface area contributed by atoms with Gasteiger partial charge in [-0.05, 0) is 84.4 Å². The highest BCUT2D eigenvalue weighted by atomic mass is 16.7. The number of esters is 1. The molecule has 0 N–H and O–H groups in total. The van der Waals surface area contributed by atoms with Crippen LogP contribution in [0.2, 0.25) is 0 Å². The Morgan fingerprint density at radius 1 is 1.02 bits per heavy atom. The molecule has 0 aromatic heterocycles. The van der Waals surface area contributed by atoms with E-state index in [4.69, 9.17) is 33.2 Å². The predicted octanol–water partition coefficient (Wildman–Crippen LogP) is 5.25. The molecule has 4 heterocycles. The molecule has 254 valence electrons. The van der Waals surface area contributed by atoms with Gasteiger partial charge < -0.3 is 38.1 Å². The molecule has 0 saturated carbocycles. The van der Waals surface area contributed by atoms with Crippen LogP contribution in [0.4, 0.5) is 0 Å². The van der Waals surface area contributed by atoms with E-state index < -0.39 is 35.6 Å². The molecular formula is C35H61NO8. The van der Waals surface area contributed by atoms with Crippen LogP contribution in [-0.4, -0.2) is 105 Å². The fraction of sp³-hybridized carbons (Fsp3) is 0.914. The van der Waals surface area contributed by atoms with Crippen LogP contribution < -0.4 is 0 Å². The number of cyclic esters (lactones) is 1. The van der Waals surface area contributed by atoms with Gasteiger partial charge in [-0.2, -0.15) is 0 Å². The van der Waals surface area contributed by atoms with E-state index in [0.717, 1.165) is 12.0 Å². The summed E-state index contributed by atoms with van der Waals surface area (Å²) < 4.78 is 46.4. The zero-order valence-corrected chi connectivity index (χ0v) is 29.5. The molecule has 9 nitrogen and oxygen atoms in total. The van der Waals surface area contributed by atoms with E-state index >= 15 is 0 Å². The summed E-state index contributed by atoms with van der Waals surface area (Å²) in [7, 11) is 5.84. The van der Waals surface area contributed by atoms with E-state index in [0.29, 0.717) is 26.1 Å². The van der Waals surface area contributed by atoms with Crippen molar-refractivity contribution in [2.24, 2.45) is 29.6 Å². The number of ether oxygens (including phenoxy) is 7. The Kier molecular flexibility index (Phi) is 11.4. The highest BCUT2D eigenvalue weighted by Gasteiger charge is 2.57. The second kappa shape index (κ2) is 14.0. The number of rotatable bonds is 5. The van der Waals surface area contributed by atoms with Crippen LogP contribution in [0, 0.1) is 29.6 Å². The maximum absolute atomic E-state index is 14.0. The fourth-order valence-corrected chi connectivity index (χ4v) is 8.63. The first-order chi connectivity index (χ1) is 20.6. The highest BCUT2D eigenvalue weighted by Crippen LogP contribution is 2.49. The normalized spacial score (nSPS) is 49.3. The molecule has 0 spiro atoms. The summed E-state index contributed by atoms with van der Waals surface area (Å²) in [5.74, 6) is -0.545. The van der Waals surface area contributed by atoms with Crippen molar-refractivity contribution < 1.29 is 38.0 Å². The minimum Gasteiger partial charge on any atom is -0.459 e. The molecule has 4 fully saturated rings. The van der Waals surface area contributed by atoms with Crippen molar-refractivity contribution in [2.45, 2.75) is 142 Å². The van der Waals surface area contributed by atoms with Crippen molar-refractivity contribution >= 4 is 5.97 Å². The summed E-state index contributed by atoms with van der Waals surface area (Å²) in [6.07, 6.45) is -0.230. The maximum Gasteiger partial charge on any atom is 0.311 e. The van der Waals surface area contributed by atoms with Crippen LogP contribution in [0.1, 0.15) is 81.6 Å². The van der Waals surface area contributed by atoms with Crippen molar-refractivity contribution in [1.82, 2.24) is 4.90 Å². The number of carbonyl (C=O) groups is 1. The number of methoxy groups -OCH3 is 1. The van der Waals surface area contributed by atoms with E-state index in [9.17, 15) is 4.79 Å². The van der Waals surface area contributed by atoms with Crippen LogP contribution >= 0.6 is 0 Å². The average Bonchev–Trinajstić information content (AvgIpc) is 3.22. The van der Waals surface area contributed by atoms with Crippen LogP contribution in [0.5, 0.6) is 0 Å². The third kappa shape index (κ3) is 6.80. The van der Waals surface area contributed by atoms with Crippen molar-refractivity contribution in [3.05, 3.63) is 12.2 Å². The molecule has 0 aliphatic carbocycles. The number of nitrogens with zero attached hydrogens (tertiary/aromatic N) is 1. The van der Waals surface area contributed by atoms with Gasteiger partial charge in [0.2, 0.25) is 0 Å². The number of carbonyl (C=O) groups excluding carboxylic acids is 1. The van der Waals surface area contributed by atoms with Crippen molar-refractivity contribution in [3.8, 4) is 0 Å². The van der Waals surface area contributed by atoms with Crippen LogP contribution in [0.15, 0.2) is 12.2 Å². The Balaban J connectivity index is 1.83. The van der Waals surface area contributed by atoms with E-state index in [2.05, 4.69) is 81.0 Å². The Hall–Kier alpha value is -1.07. The van der Waals surface area contributed by atoms with Gasteiger partial charge in [0, 0.05) is 19.1 Å². The van der Waals surface area contributed by atoms with E-state index in [1.807, 2.05) is 6.92 Å². The van der Waals surface area contributed by atoms with Gasteiger partial charge in [0.05, 0.1) is 49.1 Å². The molecule has 15 atom stereocenters. The molecule has 4 bridgehead atoms. The van der Waals surface area contributed by atoms with Crippen molar-refractivity contribution in [1.29, 1.82) is 0 Å². The summed E-state index contributed by atoms with van der Waals surface area (Å²) in [5, 5.41) is 0. The molecule has 44 heavy (non-hydrogen) atoms. The summed E-state index contributed by atoms with van der Waals surface area (Å²) >= 11 is 0. The van der Waals surface area contributed by atoms with Gasteiger partial charge >= 0.3 is 5.97 Å². The van der Waals surface area contributed by atoms with Gasteiger partial charge in [-0.1, -0.05) is 41.2 Å². The van der Waals surface area contributed by atoms with Crippen molar-refractivity contribution in [2.75, 3.05) is 34.4 Å². The molecule has 4 aliphatic heterocycles. The number of hydrogen-bond donors (Lipinski definition) is 0. The lowest BCUT2D eigenvalue weighted by Crippen LogP contribution is -2.60. The smallest absolute Gasteiger partial charge is 0.311 e. The van der Waals surface area contributed by atoms with Crippen LogP contribution in [0.3, 0.4) is 0 Å². The lowest BCUT2D eigenvalue weighted by Gasteiger charge is -2.49. The number of likely N-dealkylation sites (N-methyl/N-ethyl adjacent to an activating group) is 1. The maximum atomic E-state index is 14.0. The summed E-state index contributed by atoms with van der Waals surface area (Å²) in [4.78, 5) is 16.2. The number of hydrogen-bond acceptors (Lipinski definition) is 9. The first-order valence-corrected chi connectivity index (χ1v) is 16.9. The fourth-order valence-electron chi connectivity index (χ4n) is 8.63. The van der Waals surface area contributed by atoms with Crippen LogP contribution in [0.25, 0.3) is 0 Å². The predicted molar refractivity (Wildman–Crippen MR) is 169 cm³/mol. The largest absolute Gasteiger partial charge is 0.459 e. The number of fused-ring (bicyclic) bond motifs is 5. The van der Waals surface area contributed by atoms with Gasteiger partial charge in [-0.15, -0.1) is 0 Å². The van der Waals surface area contributed by atoms with E-state index in [-0.39, 0.29) is 60.1 Å². The SMILES string of the molecule is C=C1CO[C@H]2[C@H](C)[C@@H](O[C@@H]3O[C@H](C)C[C@H](N(C)C)[C@H]3OC)[C@@](C)(C[C@@H](C)C3OC(C)(C(C)C3C)[C@@H](CC)OC(=O)[C@@H]2C)OC1. The zero-order chi connectivity index (χ0) is 32.7. The molecule has 4 saturated heterocycles. The molecule has 4 rings (SSSR count). The monoisotopic (exact) mass is 623 g/mol. The first-order valence-electron chi connectivity index (χ1n) is 16.9. The molecule has 9 heteroatoms. The topological polar surface area (TPSA) is 84.9 Å². The molecule has 0 amide bonds. The third-order valence-electron chi connectivity index (χ3n) is 11.5. The third-order valence-corrected chi connectivity index (χ3v) is 11.5. The lowest BCUT2D eigenvalue weighted by molar-refractivity contribution is -0.306. The Labute approximate surface area is 266 Å². The van der Waals surface area contributed by atoms with E-state index in [1.54, 1.807) is 7.11 Å². The zero-order valence-electron chi connectivity index (χ0n) is 29.5. The van der Waals surface area contributed by atoms with E-state index in [1.165, 1.54) is 0 Å². The van der Waals surface area contributed by atoms with Crippen molar-refractivity contribution in [3.63, 3.8) is 0 Å². The van der Waals surface area contributed by atoms with Gasteiger partial charge in [0.15, 0.2) is 6.29 Å². The standard InChI is InChI=1S/C35H61NO8/c1-14-27-35(10)25(8)22(5)28(44-35)20(3)16-34(9)31(43-33-30(38-13)26(36(11)12)15-21(4)41-33)23(6)29(24(7)32(37)42-27)39-17-19(2)18-40-34/h20-31,33H,2,14-18H2,1,3-13H3/t20-,21-,22?,23+,24-,25?,26+,27-,28?,29+,30-,31-,33+,34-,35?/m1/s1. The Morgan fingerprint density at radius 2 is 1.70 bits per heavy atom. The van der Waals surface area contributed by atoms with Crippen LogP contribution in [-0.2, 0) is 38.0 Å². The van der Waals surface area contributed by atoms with Gasteiger partial charge in [-0.3, -0.25) is 4.79 Å². The van der Waals surface area contributed by atoms with Gasteiger partial charge in [-0.25, -0.2) is 0 Å². The lowest BCUT2D eigenvalue weighted by atomic mass is 9.73. The molecule has 0 aromatic rings. The average molecular weight is 624 g/mol. The Bertz CT molecular complexity index is 1010. The second-order valence-corrected chi connectivity index (χ2v) is 15.0. The molecular weight excluding hydrogens is 562 g/mol. The molecule has 0 radical (unpaired) electrons. The molecule has 4 aliphatic rings. The second-order valence-electron chi connectivity index (χ2n) is 15.0. The minimum absolute atomic E-state index is 0.0238. The highest BCUT2D eigenvalue weighted by molar-refractivity contribution is 5.73. The summed E-state index contributed by atoms with van der Waals surface area (Å²) in [6, 6.07) is 0.110. The molecule has 4 unspecified atom stereocenters. The first kappa shape index (κ1) is 35.8. The summed E-state index contributed by atoms with van der Waals surface area (Å²) in [5.41, 5.74) is -0.565.